The highest BCUT2D eigenvalue weighted by Gasteiger charge is 2.31. The number of carbonyl (C=O) groups is 2. The van der Waals surface area contributed by atoms with E-state index in [9.17, 15) is 9.59 Å². The van der Waals surface area contributed by atoms with E-state index in [1.54, 1.807) is 14.1 Å². The summed E-state index contributed by atoms with van der Waals surface area (Å²) in [5, 5.41) is 3.79. The Morgan fingerprint density at radius 1 is 1.19 bits per heavy atom. The van der Waals surface area contributed by atoms with E-state index in [-0.39, 0.29) is 36.5 Å². The quantitative estimate of drug-likeness (QED) is 0.583. The molecule has 3 N–H and O–H groups in total. The minimum atomic E-state index is -0.374. The van der Waals surface area contributed by atoms with Gasteiger partial charge in [-0.05, 0) is 36.6 Å². The zero-order valence-corrected chi connectivity index (χ0v) is 18.8. The van der Waals surface area contributed by atoms with Crippen molar-refractivity contribution in [2.75, 3.05) is 20.7 Å². The number of hydrogen-bond acceptors (Lipinski definition) is 5. The zero-order valence-electron chi connectivity index (χ0n) is 18.0. The molecule has 3 rings (SSSR count). The first kappa shape index (κ1) is 23.1. The van der Waals surface area contributed by atoms with Crippen molar-refractivity contribution in [3.8, 4) is 5.75 Å². The van der Waals surface area contributed by atoms with Gasteiger partial charge in [-0.25, -0.2) is 10.9 Å². The number of amides is 2. The van der Waals surface area contributed by atoms with Gasteiger partial charge in [0.25, 0.3) is 5.91 Å². The highest BCUT2D eigenvalue weighted by Crippen LogP contribution is 2.29. The molecule has 1 aliphatic rings. The number of para-hydroxylation sites is 1. The van der Waals surface area contributed by atoms with E-state index in [0.29, 0.717) is 23.6 Å². The second kappa shape index (κ2) is 10.6. The van der Waals surface area contributed by atoms with Gasteiger partial charge in [0.05, 0.1) is 6.04 Å². The summed E-state index contributed by atoms with van der Waals surface area (Å²) in [5.41, 5.74) is 8.15. The SMILES string of the molecule is CCC(NC(=O)C1CC(c2cccc(Cl)c2)NN1)c1ccccc1OCC(=O)N(C)C. The van der Waals surface area contributed by atoms with E-state index < -0.39 is 0 Å². The topological polar surface area (TPSA) is 82.7 Å². The van der Waals surface area contributed by atoms with Gasteiger partial charge in [0.15, 0.2) is 6.61 Å². The number of benzene rings is 2. The van der Waals surface area contributed by atoms with Crippen molar-refractivity contribution >= 4 is 23.4 Å². The van der Waals surface area contributed by atoms with Crippen molar-refractivity contribution in [1.29, 1.82) is 0 Å². The minimum absolute atomic E-state index is 0.00203. The summed E-state index contributed by atoms with van der Waals surface area (Å²) in [7, 11) is 3.37. The van der Waals surface area contributed by atoms with E-state index >= 15 is 0 Å². The van der Waals surface area contributed by atoms with E-state index in [2.05, 4.69) is 16.2 Å². The smallest absolute Gasteiger partial charge is 0.259 e. The number of nitrogens with zero attached hydrogens (tertiary/aromatic N) is 1. The fourth-order valence-corrected chi connectivity index (χ4v) is 3.71. The second-order valence-corrected chi connectivity index (χ2v) is 8.21. The third-order valence-electron chi connectivity index (χ3n) is 5.34. The molecule has 7 nitrogen and oxygen atoms in total. The van der Waals surface area contributed by atoms with Crippen molar-refractivity contribution in [3.05, 3.63) is 64.7 Å². The molecule has 0 bridgehead atoms. The Balaban J connectivity index is 1.65. The van der Waals surface area contributed by atoms with Crippen LogP contribution in [0.2, 0.25) is 5.02 Å². The monoisotopic (exact) mass is 444 g/mol. The van der Waals surface area contributed by atoms with E-state index in [4.69, 9.17) is 16.3 Å². The van der Waals surface area contributed by atoms with Gasteiger partial charge in [-0.1, -0.05) is 48.9 Å². The maximum Gasteiger partial charge on any atom is 0.259 e. The molecule has 1 aliphatic heterocycles. The summed E-state index contributed by atoms with van der Waals surface area (Å²) < 4.78 is 5.75. The van der Waals surface area contributed by atoms with Crippen LogP contribution in [0.15, 0.2) is 48.5 Å². The minimum Gasteiger partial charge on any atom is -0.483 e. The van der Waals surface area contributed by atoms with Gasteiger partial charge < -0.3 is 15.0 Å². The van der Waals surface area contributed by atoms with Crippen LogP contribution in [0.25, 0.3) is 0 Å². The molecular weight excluding hydrogens is 416 g/mol. The van der Waals surface area contributed by atoms with Crippen LogP contribution in [0.1, 0.15) is 43.0 Å². The number of carbonyl (C=O) groups excluding carboxylic acids is 2. The first-order valence-electron chi connectivity index (χ1n) is 10.4. The van der Waals surface area contributed by atoms with E-state index in [0.717, 1.165) is 11.1 Å². The summed E-state index contributed by atoms with van der Waals surface area (Å²) >= 11 is 6.09. The number of hydrazine groups is 1. The highest BCUT2D eigenvalue weighted by molar-refractivity contribution is 6.30. The zero-order chi connectivity index (χ0) is 22.4. The molecule has 2 aromatic rings. The van der Waals surface area contributed by atoms with Gasteiger partial charge in [-0.2, -0.15) is 0 Å². The lowest BCUT2D eigenvalue weighted by Gasteiger charge is -2.22. The molecule has 1 heterocycles. The summed E-state index contributed by atoms with van der Waals surface area (Å²) in [6.07, 6.45) is 1.30. The Kier molecular flexibility index (Phi) is 7.90. The molecule has 2 aromatic carbocycles. The van der Waals surface area contributed by atoms with Gasteiger partial charge in [0.1, 0.15) is 11.8 Å². The third kappa shape index (κ3) is 5.97. The second-order valence-electron chi connectivity index (χ2n) is 7.77. The fourth-order valence-electron chi connectivity index (χ4n) is 3.51. The molecule has 0 spiro atoms. The van der Waals surface area contributed by atoms with Crippen LogP contribution in [0.4, 0.5) is 0 Å². The van der Waals surface area contributed by atoms with Crippen LogP contribution in [-0.4, -0.2) is 43.5 Å². The van der Waals surface area contributed by atoms with Crippen LogP contribution in [0.5, 0.6) is 5.75 Å². The van der Waals surface area contributed by atoms with Gasteiger partial charge in [-0.15, -0.1) is 0 Å². The molecule has 31 heavy (non-hydrogen) atoms. The Labute approximate surface area is 188 Å². The number of ether oxygens (including phenoxy) is 1. The normalized spacial score (nSPS) is 19.0. The molecule has 0 saturated carbocycles. The Bertz CT molecular complexity index is 921. The maximum atomic E-state index is 13.0. The summed E-state index contributed by atoms with van der Waals surface area (Å²) in [6, 6.07) is 14.5. The first-order chi connectivity index (χ1) is 14.9. The lowest BCUT2D eigenvalue weighted by molar-refractivity contribution is -0.130. The molecule has 1 saturated heterocycles. The predicted octanol–water partition coefficient (Wildman–Crippen LogP) is 2.98. The number of rotatable bonds is 8. The number of likely N-dealkylation sites (N-methyl/N-ethyl adjacent to an activating group) is 1. The molecule has 0 aromatic heterocycles. The largest absolute Gasteiger partial charge is 0.483 e. The van der Waals surface area contributed by atoms with Gasteiger partial charge >= 0.3 is 0 Å². The van der Waals surface area contributed by atoms with E-state index in [1.165, 1.54) is 4.90 Å². The first-order valence-corrected chi connectivity index (χ1v) is 10.8. The molecule has 1 fully saturated rings. The third-order valence-corrected chi connectivity index (χ3v) is 5.57. The van der Waals surface area contributed by atoms with Crippen molar-refractivity contribution in [2.24, 2.45) is 0 Å². The van der Waals surface area contributed by atoms with Crippen LogP contribution in [-0.2, 0) is 9.59 Å². The Morgan fingerprint density at radius 2 is 1.97 bits per heavy atom. The maximum absolute atomic E-state index is 13.0. The van der Waals surface area contributed by atoms with Crippen molar-refractivity contribution in [2.45, 2.75) is 37.9 Å². The average Bonchev–Trinajstić information content (AvgIpc) is 3.26. The highest BCUT2D eigenvalue weighted by atomic mass is 35.5. The summed E-state index contributed by atoms with van der Waals surface area (Å²) in [5.74, 6) is 0.377. The molecule has 0 aliphatic carbocycles. The Hall–Kier alpha value is -2.61. The van der Waals surface area contributed by atoms with Crippen LogP contribution in [0.3, 0.4) is 0 Å². The molecular formula is C23H29ClN4O3. The molecule has 166 valence electrons. The van der Waals surface area contributed by atoms with Crippen LogP contribution < -0.4 is 20.9 Å². The summed E-state index contributed by atoms with van der Waals surface area (Å²) in [6.45, 7) is 1.95. The van der Waals surface area contributed by atoms with Crippen molar-refractivity contribution in [3.63, 3.8) is 0 Å². The number of hydrogen-bond donors (Lipinski definition) is 3. The predicted molar refractivity (Wildman–Crippen MR) is 121 cm³/mol. The van der Waals surface area contributed by atoms with Gasteiger partial charge in [0, 0.05) is 30.7 Å². The summed E-state index contributed by atoms with van der Waals surface area (Å²) in [4.78, 5) is 26.3. The van der Waals surface area contributed by atoms with Crippen molar-refractivity contribution < 1.29 is 14.3 Å². The molecule has 2 amide bonds. The fraction of sp³-hybridized carbons (Fsp3) is 0.391. The van der Waals surface area contributed by atoms with E-state index in [1.807, 2.05) is 55.5 Å². The van der Waals surface area contributed by atoms with Crippen LogP contribution in [0, 0.1) is 0 Å². The van der Waals surface area contributed by atoms with Gasteiger partial charge in [-0.3, -0.25) is 9.59 Å². The Morgan fingerprint density at radius 3 is 2.68 bits per heavy atom. The number of halogens is 1. The van der Waals surface area contributed by atoms with Crippen molar-refractivity contribution in [1.82, 2.24) is 21.1 Å². The lowest BCUT2D eigenvalue weighted by Crippen LogP contribution is -2.44. The average molecular weight is 445 g/mol. The van der Waals surface area contributed by atoms with Crippen LogP contribution >= 0.6 is 11.6 Å². The molecule has 8 heteroatoms. The molecule has 3 atom stereocenters. The number of nitrogens with one attached hydrogen (secondary N) is 3. The van der Waals surface area contributed by atoms with Gasteiger partial charge in [0.2, 0.25) is 5.91 Å². The molecule has 3 unspecified atom stereocenters. The standard InChI is InChI=1S/C23H29ClN4O3/c1-4-18(17-10-5-6-11-21(17)31-14-22(29)28(2)3)25-23(30)20-13-19(26-27-20)15-8-7-9-16(24)12-15/h5-12,18-20,26-27H,4,13-14H2,1-3H3,(H,25,30). The molecule has 0 radical (unpaired) electrons. The lowest BCUT2D eigenvalue weighted by atomic mass is 10.00.